The fourth-order valence-corrected chi connectivity index (χ4v) is 2.44. The number of hydrogen-bond donors (Lipinski definition) is 1. The van der Waals surface area contributed by atoms with Crippen molar-refractivity contribution in [3.8, 4) is 11.8 Å². The van der Waals surface area contributed by atoms with Crippen LogP contribution in [0.25, 0.3) is 0 Å². The Morgan fingerprint density at radius 2 is 2.18 bits per heavy atom. The van der Waals surface area contributed by atoms with E-state index in [4.69, 9.17) is 10.00 Å². The minimum Gasteiger partial charge on any atom is -0.492 e. The molecule has 1 aliphatic heterocycles. The first kappa shape index (κ1) is 12.4. The van der Waals surface area contributed by atoms with E-state index >= 15 is 0 Å². The number of benzene rings is 1. The van der Waals surface area contributed by atoms with Crippen molar-refractivity contribution in [3.05, 3.63) is 28.2 Å². The molecule has 90 valence electrons. The second-order valence-corrected chi connectivity index (χ2v) is 5.12. The second kappa shape index (κ2) is 6.04. The largest absolute Gasteiger partial charge is 0.492 e. The highest BCUT2D eigenvalue weighted by Gasteiger charge is 2.14. The van der Waals surface area contributed by atoms with Crippen LogP contribution in [0.5, 0.6) is 5.75 Å². The molecule has 0 aromatic heterocycles. The molecule has 0 atom stereocenters. The van der Waals surface area contributed by atoms with Gasteiger partial charge in [-0.25, -0.2) is 0 Å². The van der Waals surface area contributed by atoms with Gasteiger partial charge in [0.05, 0.1) is 22.7 Å². The molecule has 4 heteroatoms. The van der Waals surface area contributed by atoms with Gasteiger partial charge in [0.15, 0.2) is 0 Å². The van der Waals surface area contributed by atoms with Crippen molar-refractivity contribution >= 4 is 15.9 Å². The van der Waals surface area contributed by atoms with Crippen LogP contribution in [-0.4, -0.2) is 19.7 Å². The van der Waals surface area contributed by atoms with Gasteiger partial charge in [0, 0.05) is 0 Å². The van der Waals surface area contributed by atoms with Crippen LogP contribution < -0.4 is 10.1 Å². The molecule has 0 saturated carbocycles. The van der Waals surface area contributed by atoms with Gasteiger partial charge >= 0.3 is 0 Å². The van der Waals surface area contributed by atoms with Gasteiger partial charge in [-0.3, -0.25) is 0 Å². The van der Waals surface area contributed by atoms with Crippen LogP contribution in [0.1, 0.15) is 18.4 Å². The summed E-state index contributed by atoms with van der Waals surface area (Å²) in [5.41, 5.74) is 0.645. The zero-order valence-electron chi connectivity index (χ0n) is 9.58. The standard InChI is InChI=1S/C13H15BrN2O/c14-12-7-11(8-15)1-2-13(12)17-9-10-3-5-16-6-4-10/h1-2,7,10,16H,3-6,9H2. The fourth-order valence-electron chi connectivity index (χ4n) is 1.94. The SMILES string of the molecule is N#Cc1ccc(OCC2CCNCC2)c(Br)c1. The number of nitrogens with zero attached hydrogens (tertiary/aromatic N) is 1. The number of rotatable bonds is 3. The second-order valence-electron chi connectivity index (χ2n) is 4.26. The van der Waals surface area contributed by atoms with Gasteiger partial charge in [0.1, 0.15) is 5.75 Å². The van der Waals surface area contributed by atoms with E-state index in [1.807, 2.05) is 6.07 Å². The first-order valence-corrected chi connectivity index (χ1v) is 6.62. The van der Waals surface area contributed by atoms with Gasteiger partial charge in [-0.2, -0.15) is 5.26 Å². The van der Waals surface area contributed by atoms with Crippen LogP contribution in [0.4, 0.5) is 0 Å². The molecule has 17 heavy (non-hydrogen) atoms. The van der Waals surface area contributed by atoms with Crippen LogP contribution in [-0.2, 0) is 0 Å². The monoisotopic (exact) mass is 294 g/mol. The summed E-state index contributed by atoms with van der Waals surface area (Å²) < 4.78 is 6.64. The fraction of sp³-hybridized carbons (Fsp3) is 0.462. The van der Waals surface area contributed by atoms with Gasteiger partial charge in [-0.1, -0.05) is 0 Å². The zero-order valence-corrected chi connectivity index (χ0v) is 11.2. The van der Waals surface area contributed by atoms with Gasteiger partial charge in [0.25, 0.3) is 0 Å². The molecule has 0 unspecified atom stereocenters. The lowest BCUT2D eigenvalue weighted by Crippen LogP contribution is -2.30. The Morgan fingerprint density at radius 3 is 2.82 bits per heavy atom. The maximum Gasteiger partial charge on any atom is 0.133 e. The number of nitrogens with one attached hydrogen (secondary N) is 1. The van der Waals surface area contributed by atoms with Gasteiger partial charge < -0.3 is 10.1 Å². The van der Waals surface area contributed by atoms with E-state index in [1.165, 1.54) is 12.8 Å². The smallest absolute Gasteiger partial charge is 0.133 e. The molecular weight excluding hydrogens is 280 g/mol. The molecule has 0 amide bonds. The number of nitriles is 1. The van der Waals surface area contributed by atoms with Crippen LogP contribution in [0.15, 0.2) is 22.7 Å². The number of hydrogen-bond acceptors (Lipinski definition) is 3. The van der Waals surface area contributed by atoms with E-state index in [0.29, 0.717) is 11.5 Å². The molecule has 2 rings (SSSR count). The van der Waals surface area contributed by atoms with Crippen molar-refractivity contribution in [2.24, 2.45) is 5.92 Å². The first-order valence-electron chi connectivity index (χ1n) is 5.83. The van der Waals surface area contributed by atoms with Gasteiger partial charge in [-0.05, 0) is 66.0 Å². The molecule has 1 heterocycles. The molecule has 3 nitrogen and oxygen atoms in total. The Labute approximate surface area is 110 Å². The van der Waals surface area contributed by atoms with Crippen LogP contribution in [0.3, 0.4) is 0 Å². The quantitative estimate of drug-likeness (QED) is 0.932. The van der Waals surface area contributed by atoms with Gasteiger partial charge in [0.2, 0.25) is 0 Å². The van der Waals surface area contributed by atoms with Crippen LogP contribution >= 0.6 is 15.9 Å². The number of halogens is 1. The topological polar surface area (TPSA) is 45.0 Å². The Hall–Kier alpha value is -1.05. The lowest BCUT2D eigenvalue weighted by Gasteiger charge is -2.22. The van der Waals surface area contributed by atoms with Crippen LogP contribution in [0, 0.1) is 17.2 Å². The highest BCUT2D eigenvalue weighted by atomic mass is 79.9. The summed E-state index contributed by atoms with van der Waals surface area (Å²) in [4.78, 5) is 0. The molecule has 0 spiro atoms. The number of piperidine rings is 1. The first-order chi connectivity index (χ1) is 8.29. The van der Waals surface area contributed by atoms with Crippen molar-refractivity contribution in [2.75, 3.05) is 19.7 Å². The van der Waals surface area contributed by atoms with E-state index < -0.39 is 0 Å². The average molecular weight is 295 g/mol. The number of ether oxygens (including phenoxy) is 1. The normalized spacial score (nSPS) is 16.5. The summed E-state index contributed by atoms with van der Waals surface area (Å²) in [6.45, 7) is 2.93. The van der Waals surface area contributed by atoms with Crippen molar-refractivity contribution in [2.45, 2.75) is 12.8 Å². The summed E-state index contributed by atoms with van der Waals surface area (Å²) in [5.74, 6) is 1.46. The van der Waals surface area contributed by atoms with Gasteiger partial charge in [-0.15, -0.1) is 0 Å². The average Bonchev–Trinajstić information content (AvgIpc) is 2.38. The van der Waals surface area contributed by atoms with E-state index in [2.05, 4.69) is 27.3 Å². The molecule has 0 aliphatic carbocycles. The van der Waals surface area contributed by atoms with E-state index in [9.17, 15) is 0 Å². The minimum absolute atomic E-state index is 0.638. The Kier molecular flexibility index (Phi) is 4.41. The third-order valence-corrected chi connectivity index (χ3v) is 3.61. The minimum atomic E-state index is 0.638. The van der Waals surface area contributed by atoms with Crippen molar-refractivity contribution in [3.63, 3.8) is 0 Å². The molecule has 1 N–H and O–H groups in total. The predicted molar refractivity (Wildman–Crippen MR) is 69.9 cm³/mol. The Morgan fingerprint density at radius 1 is 1.41 bits per heavy atom. The zero-order chi connectivity index (χ0) is 12.1. The lowest BCUT2D eigenvalue weighted by atomic mass is 9.99. The summed E-state index contributed by atoms with van der Waals surface area (Å²) in [6, 6.07) is 7.53. The highest BCUT2D eigenvalue weighted by molar-refractivity contribution is 9.10. The van der Waals surface area contributed by atoms with Crippen LogP contribution in [0.2, 0.25) is 0 Å². The summed E-state index contributed by atoms with van der Waals surface area (Å²) in [6.07, 6.45) is 2.35. The molecule has 1 aromatic rings. The van der Waals surface area contributed by atoms with Crippen molar-refractivity contribution in [1.29, 1.82) is 5.26 Å². The maximum atomic E-state index is 8.77. The van der Waals surface area contributed by atoms with E-state index in [-0.39, 0.29) is 0 Å². The molecule has 1 fully saturated rings. The van der Waals surface area contributed by atoms with Crippen molar-refractivity contribution in [1.82, 2.24) is 5.32 Å². The third kappa shape index (κ3) is 3.45. The maximum absolute atomic E-state index is 8.77. The highest BCUT2D eigenvalue weighted by Crippen LogP contribution is 2.26. The Balaban J connectivity index is 1.92. The van der Waals surface area contributed by atoms with E-state index in [0.717, 1.165) is 29.9 Å². The Bertz CT molecular complexity index is 422. The lowest BCUT2D eigenvalue weighted by molar-refractivity contribution is 0.214. The molecule has 0 radical (unpaired) electrons. The molecule has 1 aromatic carbocycles. The third-order valence-electron chi connectivity index (χ3n) is 2.99. The summed E-state index contributed by atoms with van der Waals surface area (Å²) in [5, 5.41) is 12.1. The predicted octanol–water partition coefficient (Wildman–Crippen LogP) is 2.70. The van der Waals surface area contributed by atoms with E-state index in [1.54, 1.807) is 12.1 Å². The summed E-state index contributed by atoms with van der Waals surface area (Å²) >= 11 is 3.42. The molecule has 0 bridgehead atoms. The molecular formula is C13H15BrN2O. The summed E-state index contributed by atoms with van der Waals surface area (Å²) in [7, 11) is 0. The molecule has 1 saturated heterocycles. The molecule has 1 aliphatic rings. The van der Waals surface area contributed by atoms with Crippen molar-refractivity contribution < 1.29 is 4.74 Å².